The summed E-state index contributed by atoms with van der Waals surface area (Å²) in [6.07, 6.45) is 8.87. The predicted molar refractivity (Wildman–Crippen MR) is 142 cm³/mol. The first-order valence-electron chi connectivity index (χ1n) is 12.3. The number of nitrogens with one attached hydrogen (secondary N) is 2. The first-order chi connectivity index (χ1) is 15.6. The number of nitrogens with zero attached hydrogens (tertiary/aromatic N) is 3. The van der Waals surface area contributed by atoms with Gasteiger partial charge in [-0.3, -0.25) is 14.6 Å². The van der Waals surface area contributed by atoms with Crippen LogP contribution in [-0.2, 0) is 11.3 Å². The highest BCUT2D eigenvalue weighted by molar-refractivity contribution is 14.0. The molecule has 1 aromatic carbocycles. The van der Waals surface area contributed by atoms with Crippen LogP contribution >= 0.6 is 24.0 Å². The smallest absolute Gasteiger partial charge is 0.253 e. The fraction of sp³-hybridized carbons (Fsp3) is 0.640. The lowest BCUT2D eigenvalue weighted by molar-refractivity contribution is -0.134. The van der Waals surface area contributed by atoms with Gasteiger partial charge in [-0.15, -0.1) is 24.0 Å². The quantitative estimate of drug-likeness (QED) is 0.325. The number of guanidine groups is 1. The summed E-state index contributed by atoms with van der Waals surface area (Å²) < 4.78 is 0. The van der Waals surface area contributed by atoms with E-state index in [2.05, 4.69) is 15.6 Å². The van der Waals surface area contributed by atoms with Gasteiger partial charge in [-0.05, 0) is 56.2 Å². The van der Waals surface area contributed by atoms with Crippen molar-refractivity contribution >= 4 is 41.8 Å². The molecule has 0 aromatic heterocycles. The van der Waals surface area contributed by atoms with Gasteiger partial charge in [0.25, 0.3) is 5.91 Å². The summed E-state index contributed by atoms with van der Waals surface area (Å²) >= 11 is 0. The number of piperidine rings is 1. The maximum Gasteiger partial charge on any atom is 0.253 e. The highest BCUT2D eigenvalue weighted by atomic mass is 127. The molecule has 1 unspecified atom stereocenters. The minimum absolute atomic E-state index is 0. The fourth-order valence-electron chi connectivity index (χ4n) is 5.13. The van der Waals surface area contributed by atoms with Crippen LogP contribution in [0.1, 0.15) is 67.3 Å². The summed E-state index contributed by atoms with van der Waals surface area (Å²) in [6, 6.07) is 8.10. The van der Waals surface area contributed by atoms with Crippen LogP contribution < -0.4 is 10.6 Å². The Morgan fingerprint density at radius 2 is 1.64 bits per heavy atom. The molecule has 3 aliphatic rings. The first kappa shape index (κ1) is 25.8. The van der Waals surface area contributed by atoms with E-state index >= 15 is 0 Å². The Morgan fingerprint density at radius 1 is 0.939 bits per heavy atom. The number of hydrogen-bond acceptors (Lipinski definition) is 3. The lowest BCUT2D eigenvalue weighted by Crippen LogP contribution is -2.45. The molecule has 182 valence electrons. The van der Waals surface area contributed by atoms with Crippen molar-refractivity contribution in [2.45, 2.75) is 64.0 Å². The van der Waals surface area contributed by atoms with Crippen LogP contribution in [0, 0.1) is 5.92 Å². The standard InChI is InChI=1S/C25H37N5O2.HI/c1-26-25(28-22-13-16-30(18-22)24(32)20-7-3-4-8-20)27-17-19-9-11-21(12-10-19)23(31)29-14-5-2-6-15-29;/h9-12,20,22H,2-8,13-18H2,1H3,(H2,26,27,28);1H. The van der Waals surface area contributed by atoms with Gasteiger partial charge in [-0.25, -0.2) is 0 Å². The largest absolute Gasteiger partial charge is 0.352 e. The van der Waals surface area contributed by atoms with E-state index in [1.807, 2.05) is 34.1 Å². The van der Waals surface area contributed by atoms with E-state index < -0.39 is 0 Å². The third-order valence-electron chi connectivity index (χ3n) is 7.07. The maximum absolute atomic E-state index is 12.7. The molecule has 0 radical (unpaired) electrons. The topological polar surface area (TPSA) is 77.0 Å². The third kappa shape index (κ3) is 6.83. The van der Waals surface area contributed by atoms with E-state index in [9.17, 15) is 9.59 Å². The zero-order valence-corrected chi connectivity index (χ0v) is 22.1. The second kappa shape index (κ2) is 12.6. The van der Waals surface area contributed by atoms with Crippen LogP contribution in [0.2, 0.25) is 0 Å². The molecule has 4 rings (SSSR count). The van der Waals surface area contributed by atoms with E-state index in [0.717, 1.165) is 75.4 Å². The summed E-state index contributed by atoms with van der Waals surface area (Å²) in [7, 11) is 1.77. The molecule has 7 nitrogen and oxygen atoms in total. The fourth-order valence-corrected chi connectivity index (χ4v) is 5.13. The number of aliphatic imine (C=N–C) groups is 1. The zero-order chi connectivity index (χ0) is 22.3. The predicted octanol–water partition coefficient (Wildman–Crippen LogP) is 3.39. The van der Waals surface area contributed by atoms with Gasteiger partial charge in [0.05, 0.1) is 0 Å². The number of halogens is 1. The van der Waals surface area contributed by atoms with Crippen LogP contribution in [0.4, 0.5) is 0 Å². The van der Waals surface area contributed by atoms with Crippen molar-refractivity contribution in [2.75, 3.05) is 33.2 Å². The number of amides is 2. The molecular formula is C25H38IN5O2. The lowest BCUT2D eigenvalue weighted by Gasteiger charge is -2.26. The number of hydrogen-bond donors (Lipinski definition) is 2. The average Bonchev–Trinajstić information content (AvgIpc) is 3.54. The molecule has 0 spiro atoms. The van der Waals surface area contributed by atoms with Crippen molar-refractivity contribution < 1.29 is 9.59 Å². The Hall–Kier alpha value is -1.84. The number of benzene rings is 1. The second-order valence-electron chi connectivity index (χ2n) is 9.37. The Labute approximate surface area is 214 Å². The zero-order valence-electron chi connectivity index (χ0n) is 19.7. The monoisotopic (exact) mass is 567 g/mol. The highest BCUT2D eigenvalue weighted by Gasteiger charge is 2.32. The number of carbonyl (C=O) groups is 2. The van der Waals surface area contributed by atoms with E-state index in [0.29, 0.717) is 12.5 Å². The van der Waals surface area contributed by atoms with Crippen molar-refractivity contribution in [3.63, 3.8) is 0 Å². The molecule has 2 aliphatic heterocycles. The Morgan fingerprint density at radius 3 is 2.30 bits per heavy atom. The number of likely N-dealkylation sites (tertiary alicyclic amines) is 2. The van der Waals surface area contributed by atoms with Crippen molar-refractivity contribution in [3.8, 4) is 0 Å². The van der Waals surface area contributed by atoms with Gasteiger partial charge in [-0.1, -0.05) is 25.0 Å². The van der Waals surface area contributed by atoms with Crippen molar-refractivity contribution in [1.29, 1.82) is 0 Å². The van der Waals surface area contributed by atoms with Gasteiger partial charge in [0.2, 0.25) is 5.91 Å². The summed E-state index contributed by atoms with van der Waals surface area (Å²) in [5, 5.41) is 6.83. The molecule has 1 saturated carbocycles. The van der Waals surface area contributed by atoms with Crippen LogP contribution in [0.25, 0.3) is 0 Å². The van der Waals surface area contributed by atoms with Crippen molar-refractivity contribution in [3.05, 3.63) is 35.4 Å². The summed E-state index contributed by atoms with van der Waals surface area (Å²) in [4.78, 5) is 33.6. The molecule has 33 heavy (non-hydrogen) atoms. The minimum Gasteiger partial charge on any atom is -0.352 e. The SMILES string of the molecule is CN=C(NCc1ccc(C(=O)N2CCCCC2)cc1)NC1CCN(C(=O)C2CCCC2)C1.I. The molecule has 1 aliphatic carbocycles. The normalized spacial score (nSPS) is 21.6. The van der Waals surface area contributed by atoms with E-state index in [1.54, 1.807) is 7.05 Å². The Kier molecular flexibility index (Phi) is 9.82. The molecule has 1 aromatic rings. The molecular weight excluding hydrogens is 529 g/mol. The average molecular weight is 568 g/mol. The second-order valence-corrected chi connectivity index (χ2v) is 9.37. The Bertz CT molecular complexity index is 817. The van der Waals surface area contributed by atoms with Gasteiger partial charge in [0.15, 0.2) is 5.96 Å². The molecule has 1 atom stereocenters. The molecule has 2 heterocycles. The summed E-state index contributed by atoms with van der Waals surface area (Å²) in [6.45, 7) is 3.96. The highest BCUT2D eigenvalue weighted by Crippen LogP contribution is 2.27. The van der Waals surface area contributed by atoms with Crippen LogP contribution in [-0.4, -0.2) is 66.8 Å². The van der Waals surface area contributed by atoms with Crippen LogP contribution in [0.3, 0.4) is 0 Å². The van der Waals surface area contributed by atoms with Crippen LogP contribution in [0.5, 0.6) is 0 Å². The van der Waals surface area contributed by atoms with Gasteiger partial charge < -0.3 is 20.4 Å². The van der Waals surface area contributed by atoms with Crippen molar-refractivity contribution in [2.24, 2.45) is 10.9 Å². The first-order valence-corrected chi connectivity index (χ1v) is 12.3. The van der Waals surface area contributed by atoms with E-state index in [4.69, 9.17) is 0 Å². The molecule has 0 bridgehead atoms. The molecule has 3 fully saturated rings. The van der Waals surface area contributed by atoms with Gasteiger partial charge >= 0.3 is 0 Å². The van der Waals surface area contributed by atoms with Gasteiger partial charge in [0.1, 0.15) is 0 Å². The third-order valence-corrected chi connectivity index (χ3v) is 7.07. The number of carbonyl (C=O) groups excluding carboxylic acids is 2. The van der Waals surface area contributed by atoms with Crippen molar-refractivity contribution in [1.82, 2.24) is 20.4 Å². The summed E-state index contributed by atoms with van der Waals surface area (Å²) in [5.74, 6) is 1.48. The van der Waals surface area contributed by atoms with E-state index in [1.165, 1.54) is 19.3 Å². The summed E-state index contributed by atoms with van der Waals surface area (Å²) in [5.41, 5.74) is 1.86. The maximum atomic E-state index is 12.7. The molecule has 2 N–H and O–H groups in total. The van der Waals surface area contributed by atoms with E-state index in [-0.39, 0.29) is 41.8 Å². The molecule has 8 heteroatoms. The lowest BCUT2D eigenvalue weighted by atomic mass is 10.1. The number of rotatable bonds is 5. The van der Waals surface area contributed by atoms with Gasteiger partial charge in [-0.2, -0.15) is 0 Å². The molecule has 2 saturated heterocycles. The Balaban J connectivity index is 0.00000306. The van der Waals surface area contributed by atoms with Crippen LogP contribution in [0.15, 0.2) is 29.3 Å². The molecule has 2 amide bonds. The van der Waals surface area contributed by atoms with Gasteiger partial charge in [0, 0.05) is 57.3 Å². The minimum atomic E-state index is 0.